The van der Waals surface area contributed by atoms with Gasteiger partial charge >= 0.3 is 5.69 Å². The first kappa shape index (κ1) is 15.4. The van der Waals surface area contributed by atoms with Crippen LogP contribution < -0.4 is 0 Å². The van der Waals surface area contributed by atoms with E-state index in [1.54, 1.807) is 37.5 Å². The van der Waals surface area contributed by atoms with Gasteiger partial charge in [0.2, 0.25) is 5.78 Å². The van der Waals surface area contributed by atoms with E-state index in [9.17, 15) is 14.9 Å². The minimum Gasteiger partial charge on any atom is -0.460 e. The number of ketones is 1. The Morgan fingerprint density at radius 2 is 2.21 bits per heavy atom. The van der Waals surface area contributed by atoms with Crippen LogP contribution in [0.25, 0.3) is 6.08 Å². The third-order valence-corrected chi connectivity index (χ3v) is 3.30. The number of carbonyl (C=O) groups excluding carboxylic acids is 1. The first-order valence-corrected chi connectivity index (χ1v) is 6.99. The fraction of sp³-hybridized carbons (Fsp3) is 0.133. The zero-order valence-electron chi connectivity index (χ0n) is 12.7. The normalized spacial score (nSPS) is 11.2. The highest BCUT2D eigenvalue weighted by Gasteiger charge is 2.10. The van der Waals surface area contributed by atoms with Crippen LogP contribution in [0.2, 0.25) is 0 Å². The fourth-order valence-corrected chi connectivity index (χ4v) is 2.12. The second kappa shape index (κ2) is 6.32. The van der Waals surface area contributed by atoms with Gasteiger partial charge in [-0.15, -0.1) is 0 Å². The molecule has 0 bridgehead atoms. The van der Waals surface area contributed by atoms with Crippen molar-refractivity contribution >= 4 is 17.5 Å². The van der Waals surface area contributed by atoms with Gasteiger partial charge in [0.15, 0.2) is 0 Å². The number of carbonyl (C=O) groups is 1. The van der Waals surface area contributed by atoms with Crippen molar-refractivity contribution in [1.29, 1.82) is 0 Å². The van der Waals surface area contributed by atoms with Crippen LogP contribution in [0, 0.1) is 10.1 Å². The van der Waals surface area contributed by atoms with E-state index in [0.29, 0.717) is 17.2 Å². The van der Waals surface area contributed by atoms with Crippen LogP contribution in [0.4, 0.5) is 5.69 Å². The minimum atomic E-state index is -0.510. The summed E-state index contributed by atoms with van der Waals surface area (Å²) in [6.45, 7) is 0.261. The highest BCUT2D eigenvalue weighted by Crippen LogP contribution is 2.14. The molecule has 0 aliphatic rings. The number of furan rings is 1. The summed E-state index contributed by atoms with van der Waals surface area (Å²) in [6.07, 6.45) is 7.01. The molecular weight excluding hydrogens is 314 g/mol. The molecule has 0 spiro atoms. The lowest BCUT2D eigenvalue weighted by Crippen LogP contribution is -2.03. The number of hydrogen-bond acceptors (Lipinski definition) is 6. The third-order valence-electron chi connectivity index (χ3n) is 3.30. The molecular formula is C15H13N5O4. The molecule has 0 aromatic carbocycles. The van der Waals surface area contributed by atoms with Crippen LogP contribution in [0.1, 0.15) is 22.0 Å². The Morgan fingerprint density at radius 3 is 2.88 bits per heavy atom. The van der Waals surface area contributed by atoms with Crippen LogP contribution >= 0.6 is 0 Å². The van der Waals surface area contributed by atoms with Gasteiger partial charge in [0.05, 0.1) is 11.5 Å². The molecule has 3 aromatic heterocycles. The second-order valence-electron chi connectivity index (χ2n) is 4.99. The third kappa shape index (κ3) is 3.29. The number of aryl methyl sites for hydroxylation is 1. The average molecular weight is 327 g/mol. The van der Waals surface area contributed by atoms with Crippen LogP contribution in [-0.4, -0.2) is 30.3 Å². The van der Waals surface area contributed by atoms with E-state index in [1.807, 2.05) is 0 Å². The molecule has 0 N–H and O–H groups in total. The van der Waals surface area contributed by atoms with E-state index in [0.717, 1.165) is 0 Å². The number of nitrogens with zero attached hydrogens (tertiary/aromatic N) is 5. The molecule has 3 rings (SSSR count). The molecule has 0 amide bonds. The Labute approximate surface area is 136 Å². The molecule has 9 heteroatoms. The summed E-state index contributed by atoms with van der Waals surface area (Å²) >= 11 is 0. The molecule has 0 saturated carbocycles. The number of hydrogen-bond donors (Lipinski definition) is 0. The van der Waals surface area contributed by atoms with Gasteiger partial charge in [-0.2, -0.15) is 10.2 Å². The summed E-state index contributed by atoms with van der Waals surface area (Å²) in [5, 5.41) is 18.5. The predicted molar refractivity (Wildman–Crippen MR) is 83.3 cm³/mol. The lowest BCUT2D eigenvalue weighted by atomic mass is 10.2. The number of aromatic nitrogens is 4. The number of rotatable bonds is 6. The maximum atomic E-state index is 12.0. The zero-order valence-corrected chi connectivity index (χ0v) is 12.7. The van der Waals surface area contributed by atoms with Crippen molar-refractivity contribution in [1.82, 2.24) is 19.6 Å². The molecule has 0 saturated heterocycles. The van der Waals surface area contributed by atoms with Crippen LogP contribution in [0.3, 0.4) is 0 Å². The van der Waals surface area contributed by atoms with E-state index >= 15 is 0 Å². The smallest absolute Gasteiger partial charge is 0.307 e. The van der Waals surface area contributed by atoms with Crippen molar-refractivity contribution in [2.24, 2.45) is 7.05 Å². The largest absolute Gasteiger partial charge is 0.460 e. The lowest BCUT2D eigenvalue weighted by molar-refractivity contribution is -0.385. The van der Waals surface area contributed by atoms with Crippen LogP contribution in [0.5, 0.6) is 0 Å². The summed E-state index contributed by atoms with van der Waals surface area (Å²) in [4.78, 5) is 22.1. The number of nitro groups is 1. The Kier molecular flexibility index (Phi) is 4.06. The second-order valence-corrected chi connectivity index (χ2v) is 4.99. The minimum absolute atomic E-state index is 0.0801. The fourth-order valence-electron chi connectivity index (χ4n) is 2.12. The van der Waals surface area contributed by atoms with Gasteiger partial charge in [0, 0.05) is 13.2 Å². The van der Waals surface area contributed by atoms with Gasteiger partial charge in [-0.3, -0.25) is 24.3 Å². The molecule has 3 heterocycles. The highest BCUT2D eigenvalue weighted by atomic mass is 16.6. The van der Waals surface area contributed by atoms with Crippen molar-refractivity contribution < 1.29 is 14.1 Å². The quantitative estimate of drug-likeness (QED) is 0.297. The number of allylic oxidation sites excluding steroid dienone is 1. The summed E-state index contributed by atoms with van der Waals surface area (Å²) in [5.74, 6) is 0.887. The van der Waals surface area contributed by atoms with E-state index in [2.05, 4.69) is 10.2 Å². The molecule has 0 unspecified atom stereocenters. The molecule has 9 nitrogen and oxygen atoms in total. The topological polar surface area (TPSA) is 109 Å². The summed E-state index contributed by atoms with van der Waals surface area (Å²) in [5.41, 5.74) is 0.394. The Hall–Kier alpha value is -3.49. The zero-order chi connectivity index (χ0) is 17.1. The standard InChI is InChI=1S/C15H13N5O4/c1-18-14(6-7-16-18)15(21)5-4-12-2-3-13(24-12)10-19-9-11(8-17-19)20(22)23/h2-9H,10H2,1H3/b5-4+. The van der Waals surface area contributed by atoms with Gasteiger partial charge in [0.1, 0.15) is 29.6 Å². The van der Waals surface area contributed by atoms with Crippen molar-refractivity contribution in [3.05, 3.63) is 70.2 Å². The average Bonchev–Trinajstić information content (AvgIpc) is 3.26. The van der Waals surface area contributed by atoms with Crippen molar-refractivity contribution in [3.8, 4) is 0 Å². The first-order valence-electron chi connectivity index (χ1n) is 6.99. The predicted octanol–water partition coefficient (Wildman–Crippen LogP) is 2.06. The lowest BCUT2D eigenvalue weighted by Gasteiger charge is -1.96. The molecule has 3 aromatic rings. The molecule has 24 heavy (non-hydrogen) atoms. The maximum absolute atomic E-state index is 12.0. The van der Waals surface area contributed by atoms with Crippen LogP contribution in [0.15, 0.2) is 47.3 Å². The summed E-state index contributed by atoms with van der Waals surface area (Å²) in [7, 11) is 1.69. The Bertz CT molecular complexity index is 918. The van der Waals surface area contributed by atoms with E-state index in [-0.39, 0.29) is 18.0 Å². The van der Waals surface area contributed by atoms with Gasteiger partial charge in [-0.05, 0) is 30.4 Å². The Balaban J connectivity index is 1.67. The first-order chi connectivity index (χ1) is 11.5. The molecule has 0 aliphatic heterocycles. The van der Waals surface area contributed by atoms with Crippen LogP contribution in [-0.2, 0) is 13.6 Å². The summed E-state index contributed by atoms with van der Waals surface area (Å²) in [6, 6.07) is 5.06. The van der Waals surface area contributed by atoms with Crippen molar-refractivity contribution in [2.75, 3.05) is 0 Å². The van der Waals surface area contributed by atoms with Gasteiger partial charge in [0.25, 0.3) is 0 Å². The Morgan fingerprint density at radius 1 is 1.38 bits per heavy atom. The van der Waals surface area contributed by atoms with E-state index in [1.165, 1.54) is 27.8 Å². The van der Waals surface area contributed by atoms with Gasteiger partial charge in [-0.25, -0.2) is 0 Å². The van der Waals surface area contributed by atoms with Crippen molar-refractivity contribution in [3.63, 3.8) is 0 Å². The molecule has 122 valence electrons. The van der Waals surface area contributed by atoms with Gasteiger partial charge < -0.3 is 4.42 Å². The van der Waals surface area contributed by atoms with Gasteiger partial charge in [-0.1, -0.05) is 0 Å². The van der Waals surface area contributed by atoms with E-state index < -0.39 is 4.92 Å². The monoisotopic (exact) mass is 327 g/mol. The highest BCUT2D eigenvalue weighted by molar-refractivity contribution is 6.05. The van der Waals surface area contributed by atoms with Crippen molar-refractivity contribution in [2.45, 2.75) is 6.54 Å². The molecule has 0 fully saturated rings. The maximum Gasteiger partial charge on any atom is 0.307 e. The molecule has 0 radical (unpaired) electrons. The molecule has 0 aliphatic carbocycles. The summed E-state index contributed by atoms with van der Waals surface area (Å²) < 4.78 is 8.46. The van der Waals surface area contributed by atoms with E-state index in [4.69, 9.17) is 4.42 Å². The SMILES string of the molecule is Cn1nccc1C(=O)/C=C/c1ccc(Cn2cc([N+](=O)[O-])cn2)o1. The molecule has 0 atom stereocenters.